The van der Waals surface area contributed by atoms with Crippen molar-refractivity contribution in [2.75, 3.05) is 13.2 Å². The van der Waals surface area contributed by atoms with Gasteiger partial charge in [0.1, 0.15) is 0 Å². The lowest BCUT2D eigenvalue weighted by Crippen LogP contribution is -2.52. The molecule has 3 atom stereocenters. The molecule has 4 nitrogen and oxygen atoms in total. The average molecular weight is 228 g/mol. The number of hydrogen-bond donors (Lipinski definition) is 3. The van der Waals surface area contributed by atoms with E-state index < -0.39 is 5.54 Å². The molecule has 4 heteroatoms. The van der Waals surface area contributed by atoms with Gasteiger partial charge in [0, 0.05) is 13.2 Å². The van der Waals surface area contributed by atoms with E-state index in [2.05, 4.69) is 5.32 Å². The summed E-state index contributed by atoms with van der Waals surface area (Å²) in [7, 11) is 0. The smallest absolute Gasteiger partial charge is 0.239 e. The predicted molar refractivity (Wildman–Crippen MR) is 63.8 cm³/mol. The Morgan fingerprint density at radius 3 is 2.69 bits per heavy atom. The van der Waals surface area contributed by atoms with E-state index in [4.69, 9.17) is 5.73 Å². The number of carbonyl (C=O) groups excluding carboxylic acids is 1. The molecule has 1 amide bonds. The molecule has 1 saturated carbocycles. The number of aliphatic hydroxyl groups excluding tert-OH is 1. The van der Waals surface area contributed by atoms with Gasteiger partial charge in [-0.3, -0.25) is 4.79 Å². The lowest BCUT2D eigenvalue weighted by Gasteiger charge is -2.24. The van der Waals surface area contributed by atoms with Crippen molar-refractivity contribution in [1.29, 1.82) is 0 Å². The molecule has 0 spiro atoms. The molecular formula is C12H24N2O2. The molecule has 0 saturated heterocycles. The second-order valence-corrected chi connectivity index (χ2v) is 5.11. The minimum Gasteiger partial charge on any atom is -0.396 e. The fraction of sp³-hybridized carbons (Fsp3) is 0.917. The molecular weight excluding hydrogens is 204 g/mol. The molecule has 1 fully saturated rings. The normalized spacial score (nSPS) is 28.8. The average Bonchev–Trinajstić information content (AvgIpc) is 2.72. The summed E-state index contributed by atoms with van der Waals surface area (Å²) in [5, 5.41) is 12.1. The molecule has 1 aliphatic rings. The Balaban J connectivity index is 2.37. The van der Waals surface area contributed by atoms with Crippen molar-refractivity contribution < 1.29 is 9.90 Å². The van der Waals surface area contributed by atoms with Crippen LogP contribution in [-0.4, -0.2) is 29.7 Å². The standard InChI is InChI=1S/C12H24N2O2/c1-3-12(2,13)11(16)14-7-9-5-4-6-10(9)8-15/h9-10,15H,3-8,13H2,1-2H3,(H,14,16). The Kier molecular flexibility index (Phi) is 4.74. The van der Waals surface area contributed by atoms with Gasteiger partial charge in [-0.2, -0.15) is 0 Å². The minimum absolute atomic E-state index is 0.0846. The fourth-order valence-corrected chi connectivity index (χ4v) is 2.21. The highest BCUT2D eigenvalue weighted by molar-refractivity contribution is 5.85. The molecule has 16 heavy (non-hydrogen) atoms. The van der Waals surface area contributed by atoms with Gasteiger partial charge in [0.15, 0.2) is 0 Å². The molecule has 0 radical (unpaired) electrons. The van der Waals surface area contributed by atoms with Crippen LogP contribution in [0.15, 0.2) is 0 Å². The Morgan fingerprint density at radius 1 is 1.50 bits per heavy atom. The summed E-state index contributed by atoms with van der Waals surface area (Å²) in [4.78, 5) is 11.7. The summed E-state index contributed by atoms with van der Waals surface area (Å²) in [5.41, 5.74) is 5.08. The monoisotopic (exact) mass is 228 g/mol. The third-order valence-corrected chi connectivity index (χ3v) is 3.83. The van der Waals surface area contributed by atoms with Gasteiger partial charge in [0.25, 0.3) is 0 Å². The van der Waals surface area contributed by atoms with Gasteiger partial charge in [0.2, 0.25) is 5.91 Å². The van der Waals surface area contributed by atoms with Gasteiger partial charge in [-0.05, 0) is 38.0 Å². The summed E-state index contributed by atoms with van der Waals surface area (Å²) >= 11 is 0. The number of nitrogens with one attached hydrogen (secondary N) is 1. The molecule has 0 heterocycles. The van der Waals surface area contributed by atoms with Crippen LogP contribution < -0.4 is 11.1 Å². The van der Waals surface area contributed by atoms with Gasteiger partial charge >= 0.3 is 0 Å². The van der Waals surface area contributed by atoms with Crippen LogP contribution in [0.4, 0.5) is 0 Å². The zero-order valence-electron chi connectivity index (χ0n) is 10.3. The van der Waals surface area contributed by atoms with Crippen LogP contribution >= 0.6 is 0 Å². The number of hydrogen-bond acceptors (Lipinski definition) is 3. The van der Waals surface area contributed by atoms with Crippen LogP contribution in [0.2, 0.25) is 0 Å². The number of amides is 1. The summed E-state index contributed by atoms with van der Waals surface area (Å²) in [6.07, 6.45) is 3.95. The first-order valence-corrected chi connectivity index (χ1v) is 6.19. The quantitative estimate of drug-likeness (QED) is 0.646. The van der Waals surface area contributed by atoms with Crippen LogP contribution in [0, 0.1) is 11.8 Å². The largest absolute Gasteiger partial charge is 0.396 e. The van der Waals surface area contributed by atoms with E-state index in [1.165, 1.54) is 0 Å². The second kappa shape index (κ2) is 5.64. The summed E-state index contributed by atoms with van der Waals surface area (Å²) in [6, 6.07) is 0. The Bertz CT molecular complexity index is 241. The maximum Gasteiger partial charge on any atom is 0.239 e. The maximum absolute atomic E-state index is 11.7. The number of rotatable bonds is 5. The van der Waals surface area contributed by atoms with E-state index in [9.17, 15) is 9.90 Å². The van der Waals surface area contributed by atoms with Crippen molar-refractivity contribution >= 4 is 5.91 Å². The molecule has 4 N–H and O–H groups in total. The van der Waals surface area contributed by atoms with E-state index in [0.717, 1.165) is 19.3 Å². The molecule has 94 valence electrons. The Morgan fingerprint density at radius 2 is 2.12 bits per heavy atom. The summed E-state index contributed by atoms with van der Waals surface area (Å²) < 4.78 is 0. The Labute approximate surface area is 97.6 Å². The predicted octanol–water partition coefficient (Wildman–Crippen LogP) is 0.639. The molecule has 3 unspecified atom stereocenters. The van der Waals surface area contributed by atoms with Gasteiger partial charge in [-0.1, -0.05) is 13.3 Å². The van der Waals surface area contributed by atoms with E-state index in [1.807, 2.05) is 6.92 Å². The maximum atomic E-state index is 11.7. The minimum atomic E-state index is -0.771. The van der Waals surface area contributed by atoms with Crippen molar-refractivity contribution in [2.45, 2.75) is 45.1 Å². The molecule has 1 rings (SSSR count). The number of aliphatic hydroxyl groups is 1. The third-order valence-electron chi connectivity index (χ3n) is 3.83. The van der Waals surface area contributed by atoms with E-state index >= 15 is 0 Å². The molecule has 1 aliphatic carbocycles. The number of nitrogens with two attached hydrogens (primary N) is 1. The van der Waals surface area contributed by atoms with E-state index in [1.54, 1.807) is 6.92 Å². The summed E-state index contributed by atoms with van der Waals surface area (Å²) in [6.45, 7) is 4.54. The summed E-state index contributed by atoms with van der Waals surface area (Å²) in [5.74, 6) is 0.686. The fourth-order valence-electron chi connectivity index (χ4n) is 2.21. The van der Waals surface area contributed by atoms with Crippen molar-refractivity contribution in [3.8, 4) is 0 Å². The van der Waals surface area contributed by atoms with Crippen LogP contribution in [-0.2, 0) is 4.79 Å². The lowest BCUT2D eigenvalue weighted by molar-refractivity contribution is -0.126. The highest BCUT2D eigenvalue weighted by atomic mass is 16.3. The van der Waals surface area contributed by atoms with Crippen LogP contribution in [0.1, 0.15) is 39.5 Å². The lowest BCUT2D eigenvalue weighted by atomic mass is 9.95. The van der Waals surface area contributed by atoms with Crippen LogP contribution in [0.5, 0.6) is 0 Å². The van der Waals surface area contributed by atoms with Gasteiger partial charge < -0.3 is 16.2 Å². The first kappa shape index (κ1) is 13.5. The van der Waals surface area contributed by atoms with E-state index in [0.29, 0.717) is 24.8 Å². The van der Waals surface area contributed by atoms with Crippen molar-refractivity contribution in [3.05, 3.63) is 0 Å². The van der Waals surface area contributed by atoms with Crippen molar-refractivity contribution in [1.82, 2.24) is 5.32 Å². The molecule has 0 aromatic heterocycles. The number of carbonyl (C=O) groups is 1. The first-order valence-electron chi connectivity index (χ1n) is 6.19. The second-order valence-electron chi connectivity index (χ2n) is 5.11. The highest BCUT2D eigenvalue weighted by Crippen LogP contribution is 2.30. The first-order chi connectivity index (χ1) is 7.51. The topological polar surface area (TPSA) is 75.4 Å². The van der Waals surface area contributed by atoms with Crippen molar-refractivity contribution in [3.63, 3.8) is 0 Å². The van der Waals surface area contributed by atoms with E-state index in [-0.39, 0.29) is 12.5 Å². The SMILES string of the molecule is CCC(C)(N)C(=O)NCC1CCCC1CO. The molecule has 0 bridgehead atoms. The van der Waals surface area contributed by atoms with Crippen LogP contribution in [0.25, 0.3) is 0 Å². The molecule has 0 aromatic carbocycles. The van der Waals surface area contributed by atoms with Gasteiger partial charge in [0.05, 0.1) is 5.54 Å². The highest BCUT2D eigenvalue weighted by Gasteiger charge is 2.30. The van der Waals surface area contributed by atoms with Gasteiger partial charge in [-0.15, -0.1) is 0 Å². The molecule has 0 aromatic rings. The zero-order valence-corrected chi connectivity index (χ0v) is 10.3. The van der Waals surface area contributed by atoms with Crippen LogP contribution in [0.3, 0.4) is 0 Å². The van der Waals surface area contributed by atoms with Gasteiger partial charge in [-0.25, -0.2) is 0 Å². The third kappa shape index (κ3) is 3.19. The Hall–Kier alpha value is -0.610. The zero-order chi connectivity index (χ0) is 12.2. The van der Waals surface area contributed by atoms with Crippen molar-refractivity contribution in [2.24, 2.45) is 17.6 Å². The molecule has 0 aliphatic heterocycles.